The summed E-state index contributed by atoms with van der Waals surface area (Å²) in [7, 11) is -7.68. The molecule has 0 radical (unpaired) electrons. The summed E-state index contributed by atoms with van der Waals surface area (Å²) < 4.78 is 40.7. The van der Waals surface area contributed by atoms with Crippen LogP contribution in [0.4, 0.5) is 0 Å². The Morgan fingerprint density at radius 2 is 2.07 bits per heavy atom. The van der Waals surface area contributed by atoms with Crippen molar-refractivity contribution < 1.29 is 37.8 Å². The van der Waals surface area contributed by atoms with Crippen molar-refractivity contribution in [2.75, 3.05) is 7.11 Å². The number of hydrogen-bond acceptors (Lipinski definition) is 8. The molecule has 2 aliphatic rings. The molecule has 1 aliphatic heterocycles. The Kier molecular flexibility index (Phi) is 5.70. The van der Waals surface area contributed by atoms with E-state index in [9.17, 15) is 33.4 Å². The van der Waals surface area contributed by atoms with E-state index in [1.807, 2.05) is 4.98 Å². The molecule has 7 atom stereocenters. The fourth-order valence-corrected chi connectivity index (χ4v) is 5.24. The summed E-state index contributed by atoms with van der Waals surface area (Å²) in [6.45, 7) is 3.16. The summed E-state index contributed by atoms with van der Waals surface area (Å²) in [6.07, 6.45) is -3.42. The zero-order valence-electron chi connectivity index (χ0n) is 14.6. The third-order valence-electron chi connectivity index (χ3n) is 4.77. The molecular formula is C14H19N2O10P2-. The van der Waals surface area contributed by atoms with Crippen molar-refractivity contribution in [3.8, 4) is 0 Å². The lowest BCUT2D eigenvalue weighted by atomic mass is 10.1. The standard InChI is InChI=1S/C14H20N2O10P2/c1-3-27(19,20)26-11-10(7-6-8(7)28(21,22)23)25-13(12(11)24-2)16-5-4-9(17)15-14(16)18/h3-5,7-8,10-13H,1,6H2,2H3,(H,19,20)(H,15,17,18)(H2,21,22,23)/p-1. The van der Waals surface area contributed by atoms with Gasteiger partial charge in [-0.25, -0.2) is 4.79 Å². The lowest BCUT2D eigenvalue weighted by molar-refractivity contribution is -0.203. The molecule has 1 saturated carbocycles. The van der Waals surface area contributed by atoms with E-state index in [1.165, 1.54) is 7.11 Å². The maximum atomic E-state index is 12.1. The summed E-state index contributed by atoms with van der Waals surface area (Å²) in [6, 6.07) is 1.07. The highest BCUT2D eigenvalue weighted by Gasteiger charge is 2.61. The van der Waals surface area contributed by atoms with Gasteiger partial charge in [-0.1, -0.05) is 6.58 Å². The van der Waals surface area contributed by atoms with E-state index in [0.29, 0.717) is 5.82 Å². The Bertz CT molecular complexity index is 967. The maximum absolute atomic E-state index is 12.1. The third-order valence-corrected chi connectivity index (χ3v) is 7.22. The third kappa shape index (κ3) is 4.14. The average molecular weight is 437 g/mol. The van der Waals surface area contributed by atoms with Gasteiger partial charge in [0, 0.05) is 25.3 Å². The molecule has 3 rings (SSSR count). The van der Waals surface area contributed by atoms with Crippen molar-refractivity contribution in [1.82, 2.24) is 9.55 Å². The molecule has 0 amide bonds. The quantitative estimate of drug-likeness (QED) is 0.452. The Labute approximate surface area is 158 Å². The molecule has 12 nitrogen and oxygen atoms in total. The van der Waals surface area contributed by atoms with E-state index in [2.05, 4.69) is 6.58 Å². The van der Waals surface area contributed by atoms with Crippen molar-refractivity contribution >= 4 is 15.2 Å². The van der Waals surface area contributed by atoms with Crippen LogP contribution in [0.3, 0.4) is 0 Å². The molecule has 1 aromatic rings. The second-order valence-corrected chi connectivity index (χ2v) is 10.1. The zero-order chi connectivity index (χ0) is 20.9. The number of aromatic nitrogens is 2. The van der Waals surface area contributed by atoms with Crippen LogP contribution in [0.1, 0.15) is 12.6 Å². The number of rotatable bonds is 7. The Morgan fingerprint density at radius 3 is 2.57 bits per heavy atom. The highest BCUT2D eigenvalue weighted by atomic mass is 31.2. The van der Waals surface area contributed by atoms with Gasteiger partial charge in [-0.2, -0.15) is 0 Å². The zero-order valence-corrected chi connectivity index (χ0v) is 16.4. The molecule has 14 heteroatoms. The van der Waals surface area contributed by atoms with E-state index >= 15 is 0 Å². The van der Waals surface area contributed by atoms with Crippen molar-refractivity contribution in [2.24, 2.45) is 5.92 Å². The van der Waals surface area contributed by atoms with Crippen molar-refractivity contribution in [1.29, 1.82) is 0 Å². The van der Waals surface area contributed by atoms with Crippen molar-refractivity contribution in [3.05, 3.63) is 45.5 Å². The lowest BCUT2D eigenvalue weighted by Gasteiger charge is -2.29. The highest BCUT2D eigenvalue weighted by molar-refractivity contribution is 7.54. The first-order valence-corrected chi connectivity index (χ1v) is 11.5. The minimum absolute atomic E-state index is 0.0930. The summed E-state index contributed by atoms with van der Waals surface area (Å²) in [5, 5.41) is 0. The summed E-state index contributed by atoms with van der Waals surface area (Å²) in [5.41, 5.74) is -2.48. The first-order chi connectivity index (χ1) is 13.0. The molecule has 156 valence electrons. The van der Waals surface area contributed by atoms with E-state index in [1.54, 1.807) is 0 Å². The van der Waals surface area contributed by atoms with Crippen LogP contribution < -0.4 is 16.1 Å². The number of H-pyrrole nitrogens is 1. The molecule has 0 spiro atoms. The maximum Gasteiger partial charge on any atom is 0.330 e. The van der Waals surface area contributed by atoms with E-state index < -0.39 is 62.6 Å². The minimum Gasteiger partial charge on any atom is -0.775 e. The molecule has 3 N–H and O–H groups in total. The van der Waals surface area contributed by atoms with Gasteiger partial charge in [0.05, 0.1) is 11.8 Å². The van der Waals surface area contributed by atoms with E-state index in [-0.39, 0.29) is 6.42 Å². The predicted molar refractivity (Wildman–Crippen MR) is 92.6 cm³/mol. The Balaban J connectivity index is 1.99. The number of aromatic amines is 1. The number of nitrogens with one attached hydrogen (secondary N) is 1. The molecular weight excluding hydrogens is 418 g/mol. The van der Waals surface area contributed by atoms with Crippen LogP contribution in [0.2, 0.25) is 0 Å². The number of nitrogens with zero attached hydrogens (tertiary/aromatic N) is 1. The first kappa shape index (κ1) is 21.4. The SMILES string of the molecule is C=CP(=O)([O-])OC1C(C2CC2P(=O)(O)O)OC(n2ccc(=O)[nH]c2=O)C1OC. The number of methoxy groups -OCH3 is 1. The van der Waals surface area contributed by atoms with Crippen LogP contribution in [0, 0.1) is 5.92 Å². The van der Waals surface area contributed by atoms with Gasteiger partial charge >= 0.3 is 13.3 Å². The first-order valence-electron chi connectivity index (χ1n) is 8.16. The fraction of sp³-hybridized carbons (Fsp3) is 0.571. The van der Waals surface area contributed by atoms with Crippen LogP contribution >= 0.6 is 15.2 Å². The molecule has 0 aromatic carbocycles. The monoisotopic (exact) mass is 437 g/mol. The van der Waals surface area contributed by atoms with Gasteiger partial charge in [-0.3, -0.25) is 18.9 Å². The molecule has 1 aliphatic carbocycles. The van der Waals surface area contributed by atoms with Crippen molar-refractivity contribution in [2.45, 2.75) is 36.6 Å². The average Bonchev–Trinajstić information content (AvgIpc) is 3.32. The topological polar surface area (TPSA) is 180 Å². The Morgan fingerprint density at radius 1 is 1.39 bits per heavy atom. The summed E-state index contributed by atoms with van der Waals surface area (Å²) in [4.78, 5) is 56.2. The van der Waals surface area contributed by atoms with Gasteiger partial charge in [-0.05, 0) is 12.2 Å². The second-order valence-electron chi connectivity index (χ2n) is 6.56. The van der Waals surface area contributed by atoms with Gasteiger partial charge in [0.1, 0.15) is 12.2 Å². The molecule has 1 aromatic heterocycles. The second kappa shape index (κ2) is 7.47. The van der Waals surface area contributed by atoms with Gasteiger partial charge < -0.3 is 33.2 Å². The fourth-order valence-electron chi connectivity index (χ4n) is 3.38. The predicted octanol–water partition coefficient (Wildman–Crippen LogP) is -0.903. The summed E-state index contributed by atoms with van der Waals surface area (Å²) >= 11 is 0. The molecule has 0 bridgehead atoms. The van der Waals surface area contributed by atoms with E-state index in [0.717, 1.165) is 16.8 Å². The van der Waals surface area contributed by atoms with Gasteiger partial charge in [0.25, 0.3) is 5.56 Å². The molecule has 2 heterocycles. The normalized spacial score (nSPS) is 34.7. The highest BCUT2D eigenvalue weighted by Crippen LogP contribution is 2.62. The minimum atomic E-state index is -4.51. The van der Waals surface area contributed by atoms with Crippen LogP contribution in [0.25, 0.3) is 0 Å². The lowest BCUT2D eigenvalue weighted by Crippen LogP contribution is -2.40. The molecule has 2 fully saturated rings. The van der Waals surface area contributed by atoms with Crippen molar-refractivity contribution in [3.63, 3.8) is 0 Å². The van der Waals surface area contributed by atoms with Gasteiger partial charge in [0.2, 0.25) is 0 Å². The van der Waals surface area contributed by atoms with E-state index in [4.69, 9.17) is 14.0 Å². The van der Waals surface area contributed by atoms with Gasteiger partial charge in [-0.15, -0.1) is 0 Å². The molecule has 7 unspecified atom stereocenters. The largest absolute Gasteiger partial charge is 0.775 e. The smallest absolute Gasteiger partial charge is 0.330 e. The van der Waals surface area contributed by atoms with Gasteiger partial charge in [0.15, 0.2) is 13.8 Å². The number of hydrogen-bond donors (Lipinski definition) is 3. The summed E-state index contributed by atoms with van der Waals surface area (Å²) in [5.74, 6) is -0.0966. The van der Waals surface area contributed by atoms with Crippen LogP contribution in [-0.4, -0.2) is 50.4 Å². The molecule has 1 saturated heterocycles. The van der Waals surface area contributed by atoms with Crippen LogP contribution in [0.15, 0.2) is 34.2 Å². The molecule has 28 heavy (non-hydrogen) atoms. The number of ether oxygens (including phenoxy) is 2. The van der Waals surface area contributed by atoms with Crippen LogP contribution in [-0.2, 0) is 23.1 Å². The Hall–Kier alpha value is -1.36. The van der Waals surface area contributed by atoms with Crippen LogP contribution in [0.5, 0.6) is 0 Å².